The fourth-order valence-corrected chi connectivity index (χ4v) is 0.689. The summed E-state index contributed by atoms with van der Waals surface area (Å²) in [5, 5.41) is 8.03. The molecule has 12 heavy (non-hydrogen) atoms. The first kappa shape index (κ1) is 8.65. The monoisotopic (exact) mass is 160 g/mol. The molecule has 0 heterocycles. The third-order valence-corrected chi connectivity index (χ3v) is 1.50. The van der Waals surface area contributed by atoms with Gasteiger partial charge in [0, 0.05) is 0 Å². The number of benzene rings is 1. The number of azo groups is 1. The number of hydrogen-bond acceptors (Lipinski definition) is 2. The zero-order valence-electron chi connectivity index (χ0n) is 7.36. The number of nitrogens with zero attached hydrogens (tertiary/aromatic N) is 2. The van der Waals surface area contributed by atoms with Crippen LogP contribution in [0.25, 0.3) is 0 Å². The Bertz CT molecular complexity index is 286. The molecular formula is C10H12N2. The smallest absolute Gasteiger partial charge is 0.0856 e. The molecule has 62 valence electrons. The molecule has 0 spiro atoms. The molecule has 0 unspecified atom stereocenters. The van der Waals surface area contributed by atoms with Crippen LogP contribution in [0.2, 0.25) is 0 Å². The Balaban J connectivity index is 2.70. The Labute approximate surface area is 72.6 Å². The number of hydrogen-bond donors (Lipinski definition) is 0. The van der Waals surface area contributed by atoms with E-state index in [4.69, 9.17) is 0 Å². The number of allylic oxidation sites excluding steroid dienone is 2. The summed E-state index contributed by atoms with van der Waals surface area (Å²) in [6.45, 7) is 3.87. The molecule has 1 aromatic rings. The predicted molar refractivity (Wildman–Crippen MR) is 50.4 cm³/mol. The Hall–Kier alpha value is -1.44. The van der Waals surface area contributed by atoms with Crippen molar-refractivity contribution in [2.24, 2.45) is 10.2 Å². The molecule has 0 amide bonds. The molecule has 2 heteroatoms. The SMILES string of the molecule is C/C=C(\C)N=Nc1ccccc1. The van der Waals surface area contributed by atoms with Crippen molar-refractivity contribution in [3.8, 4) is 0 Å². The van der Waals surface area contributed by atoms with Crippen LogP contribution >= 0.6 is 0 Å². The minimum Gasteiger partial charge on any atom is -0.156 e. The predicted octanol–water partition coefficient (Wildman–Crippen LogP) is 3.69. The van der Waals surface area contributed by atoms with Crippen LogP contribution in [0.15, 0.2) is 52.3 Å². The Morgan fingerprint density at radius 2 is 1.92 bits per heavy atom. The van der Waals surface area contributed by atoms with Crippen LogP contribution in [0, 0.1) is 0 Å². The lowest BCUT2D eigenvalue weighted by Crippen LogP contribution is -1.64. The van der Waals surface area contributed by atoms with Gasteiger partial charge in [-0.2, -0.15) is 10.2 Å². The van der Waals surface area contributed by atoms with E-state index >= 15 is 0 Å². The van der Waals surface area contributed by atoms with Crippen LogP contribution < -0.4 is 0 Å². The molecule has 2 nitrogen and oxygen atoms in total. The van der Waals surface area contributed by atoms with Gasteiger partial charge in [-0.05, 0) is 26.0 Å². The average Bonchev–Trinajstić information content (AvgIpc) is 2.16. The quantitative estimate of drug-likeness (QED) is 0.589. The van der Waals surface area contributed by atoms with Gasteiger partial charge in [-0.25, -0.2) is 0 Å². The van der Waals surface area contributed by atoms with Gasteiger partial charge in [0.2, 0.25) is 0 Å². The second-order valence-electron chi connectivity index (χ2n) is 2.47. The average molecular weight is 160 g/mol. The summed E-state index contributed by atoms with van der Waals surface area (Å²) < 4.78 is 0. The Morgan fingerprint density at radius 1 is 1.25 bits per heavy atom. The maximum absolute atomic E-state index is 4.03. The van der Waals surface area contributed by atoms with Crippen LogP contribution in [0.1, 0.15) is 13.8 Å². The maximum atomic E-state index is 4.03. The van der Waals surface area contributed by atoms with Crippen molar-refractivity contribution >= 4 is 5.69 Å². The van der Waals surface area contributed by atoms with E-state index in [1.165, 1.54) is 0 Å². The van der Waals surface area contributed by atoms with Gasteiger partial charge in [0.05, 0.1) is 11.4 Å². The molecule has 1 rings (SSSR count). The zero-order valence-corrected chi connectivity index (χ0v) is 7.36. The molecule has 0 saturated carbocycles. The van der Waals surface area contributed by atoms with Crippen LogP contribution in [0.4, 0.5) is 5.69 Å². The van der Waals surface area contributed by atoms with Crippen LogP contribution in [-0.4, -0.2) is 0 Å². The standard InChI is InChI=1S/C10H12N2/c1-3-9(2)11-12-10-7-5-4-6-8-10/h3-8H,1-2H3/b9-3+,12-11?. The highest BCUT2D eigenvalue weighted by atomic mass is 15.1. The van der Waals surface area contributed by atoms with Crippen molar-refractivity contribution in [1.82, 2.24) is 0 Å². The first-order chi connectivity index (χ1) is 5.83. The zero-order chi connectivity index (χ0) is 8.81. The second-order valence-corrected chi connectivity index (χ2v) is 2.47. The van der Waals surface area contributed by atoms with Crippen molar-refractivity contribution in [3.63, 3.8) is 0 Å². The van der Waals surface area contributed by atoms with Gasteiger partial charge in [0.25, 0.3) is 0 Å². The van der Waals surface area contributed by atoms with Crippen molar-refractivity contribution in [2.75, 3.05) is 0 Å². The topological polar surface area (TPSA) is 24.7 Å². The Morgan fingerprint density at radius 3 is 2.50 bits per heavy atom. The lowest BCUT2D eigenvalue weighted by molar-refractivity contribution is 1.12. The second kappa shape index (κ2) is 4.44. The van der Waals surface area contributed by atoms with E-state index < -0.39 is 0 Å². The fraction of sp³-hybridized carbons (Fsp3) is 0.200. The molecule has 0 atom stereocenters. The third kappa shape index (κ3) is 2.66. The van der Waals surface area contributed by atoms with Crippen LogP contribution in [0.3, 0.4) is 0 Å². The summed E-state index contributed by atoms with van der Waals surface area (Å²) in [5.74, 6) is 0. The van der Waals surface area contributed by atoms with Gasteiger partial charge in [0.15, 0.2) is 0 Å². The molecule has 0 aromatic heterocycles. The highest BCUT2D eigenvalue weighted by molar-refractivity contribution is 5.34. The molecule has 0 radical (unpaired) electrons. The highest BCUT2D eigenvalue weighted by Gasteiger charge is 1.84. The highest BCUT2D eigenvalue weighted by Crippen LogP contribution is 2.11. The molecule has 0 saturated heterocycles. The molecule has 1 aromatic carbocycles. The van der Waals surface area contributed by atoms with E-state index in [1.807, 2.05) is 50.3 Å². The van der Waals surface area contributed by atoms with Gasteiger partial charge in [-0.1, -0.05) is 24.3 Å². The van der Waals surface area contributed by atoms with E-state index in [2.05, 4.69) is 10.2 Å². The van der Waals surface area contributed by atoms with E-state index in [1.54, 1.807) is 0 Å². The first-order valence-electron chi connectivity index (χ1n) is 3.92. The number of rotatable bonds is 2. The molecular weight excluding hydrogens is 148 g/mol. The lowest BCUT2D eigenvalue weighted by atomic mass is 10.3. The van der Waals surface area contributed by atoms with Gasteiger partial charge in [-0.3, -0.25) is 0 Å². The van der Waals surface area contributed by atoms with Crippen LogP contribution in [0.5, 0.6) is 0 Å². The molecule has 0 aliphatic heterocycles. The minimum absolute atomic E-state index is 0.888. The van der Waals surface area contributed by atoms with Crippen LogP contribution in [-0.2, 0) is 0 Å². The largest absolute Gasteiger partial charge is 0.156 e. The van der Waals surface area contributed by atoms with E-state index in [-0.39, 0.29) is 0 Å². The summed E-state index contributed by atoms with van der Waals surface area (Å²) in [6.07, 6.45) is 1.92. The summed E-state index contributed by atoms with van der Waals surface area (Å²) in [5.41, 5.74) is 1.82. The molecule has 0 aliphatic carbocycles. The minimum atomic E-state index is 0.888. The van der Waals surface area contributed by atoms with Gasteiger partial charge in [-0.15, -0.1) is 0 Å². The first-order valence-corrected chi connectivity index (χ1v) is 3.92. The summed E-state index contributed by atoms with van der Waals surface area (Å²) in [7, 11) is 0. The molecule has 0 bridgehead atoms. The maximum Gasteiger partial charge on any atom is 0.0856 e. The van der Waals surface area contributed by atoms with Crippen molar-refractivity contribution in [2.45, 2.75) is 13.8 Å². The van der Waals surface area contributed by atoms with Gasteiger partial charge < -0.3 is 0 Å². The van der Waals surface area contributed by atoms with Crippen molar-refractivity contribution in [1.29, 1.82) is 0 Å². The summed E-state index contributed by atoms with van der Waals surface area (Å²) in [4.78, 5) is 0. The Kier molecular flexibility index (Phi) is 3.20. The lowest BCUT2D eigenvalue weighted by Gasteiger charge is -1.89. The molecule has 0 fully saturated rings. The molecule has 0 aliphatic rings. The van der Waals surface area contributed by atoms with E-state index in [9.17, 15) is 0 Å². The van der Waals surface area contributed by atoms with E-state index in [0.717, 1.165) is 11.4 Å². The summed E-state index contributed by atoms with van der Waals surface area (Å²) >= 11 is 0. The molecule has 0 N–H and O–H groups in total. The van der Waals surface area contributed by atoms with Crippen molar-refractivity contribution in [3.05, 3.63) is 42.1 Å². The van der Waals surface area contributed by atoms with Gasteiger partial charge >= 0.3 is 0 Å². The summed E-state index contributed by atoms with van der Waals surface area (Å²) in [6, 6.07) is 9.69. The van der Waals surface area contributed by atoms with Gasteiger partial charge in [0.1, 0.15) is 0 Å². The third-order valence-electron chi connectivity index (χ3n) is 1.50. The normalized spacial score (nSPS) is 12.3. The van der Waals surface area contributed by atoms with E-state index in [0.29, 0.717) is 0 Å². The van der Waals surface area contributed by atoms with Crippen molar-refractivity contribution < 1.29 is 0 Å². The fourth-order valence-electron chi connectivity index (χ4n) is 0.689.